The Morgan fingerprint density at radius 2 is 1.08 bits per heavy atom. The molecule has 128 valence electrons. The van der Waals surface area contributed by atoms with Crippen molar-refractivity contribution in [1.29, 1.82) is 0 Å². The first kappa shape index (κ1) is 17.3. The van der Waals surface area contributed by atoms with Gasteiger partial charge in [0.25, 0.3) is 0 Å². The molecule has 0 saturated heterocycles. The van der Waals surface area contributed by atoms with Crippen LogP contribution in [-0.4, -0.2) is 6.54 Å². The highest BCUT2D eigenvalue weighted by Gasteiger charge is 2.06. The molecule has 0 unspecified atom stereocenters. The van der Waals surface area contributed by atoms with Gasteiger partial charge in [0.1, 0.15) is 0 Å². The van der Waals surface area contributed by atoms with Gasteiger partial charge >= 0.3 is 0 Å². The van der Waals surface area contributed by atoms with Crippen LogP contribution >= 0.6 is 0 Å². The average molecular weight is 329 g/mol. The van der Waals surface area contributed by atoms with Crippen LogP contribution in [0.1, 0.15) is 30.4 Å². The molecule has 0 aliphatic rings. The third kappa shape index (κ3) is 5.79. The molecule has 0 aliphatic carbocycles. The van der Waals surface area contributed by atoms with Crippen LogP contribution in [0.2, 0.25) is 0 Å². The molecule has 0 aliphatic heterocycles. The van der Waals surface area contributed by atoms with E-state index in [0.29, 0.717) is 0 Å². The fourth-order valence-electron chi connectivity index (χ4n) is 3.20. The summed E-state index contributed by atoms with van der Waals surface area (Å²) >= 11 is 0. The maximum absolute atomic E-state index is 2.50. The zero-order valence-corrected chi connectivity index (χ0v) is 14.9. The van der Waals surface area contributed by atoms with Gasteiger partial charge in [-0.1, -0.05) is 85.3 Å². The fourth-order valence-corrected chi connectivity index (χ4v) is 3.20. The summed E-state index contributed by atoms with van der Waals surface area (Å²) in [5.74, 6) is 0. The lowest BCUT2D eigenvalue weighted by atomic mass is 10.1. The van der Waals surface area contributed by atoms with Gasteiger partial charge in [0.2, 0.25) is 0 Å². The molecule has 3 aromatic rings. The number of rotatable bonds is 9. The highest BCUT2D eigenvalue weighted by molar-refractivity contribution is 5.46. The predicted molar refractivity (Wildman–Crippen MR) is 108 cm³/mol. The quantitative estimate of drug-likeness (QED) is 0.428. The van der Waals surface area contributed by atoms with E-state index in [1.807, 2.05) is 0 Å². The molecular weight excluding hydrogens is 302 g/mol. The molecule has 0 aromatic heterocycles. The van der Waals surface area contributed by atoms with E-state index in [-0.39, 0.29) is 0 Å². The Hall–Kier alpha value is -2.54. The second kappa shape index (κ2) is 9.68. The van der Waals surface area contributed by atoms with Crippen molar-refractivity contribution in [1.82, 2.24) is 0 Å². The summed E-state index contributed by atoms with van der Waals surface area (Å²) in [6.07, 6.45) is 4.95. The van der Waals surface area contributed by atoms with Crippen LogP contribution < -0.4 is 4.90 Å². The summed E-state index contributed by atoms with van der Waals surface area (Å²) in [7, 11) is 0. The standard InChI is InChI=1S/C24H27N/c1-5-13-22(14-6-1)15-9-4-12-20-25(24-18-10-3-11-19-24)21-23-16-7-2-8-17-23/h1-3,5-8,10-11,13-14,16-19H,4,9,12,15,20-21H2. The molecule has 0 amide bonds. The summed E-state index contributed by atoms with van der Waals surface area (Å²) in [4.78, 5) is 2.50. The number of hydrogen-bond donors (Lipinski definition) is 0. The van der Waals surface area contributed by atoms with Crippen molar-refractivity contribution >= 4 is 5.69 Å². The number of unbranched alkanes of at least 4 members (excludes halogenated alkanes) is 2. The lowest BCUT2D eigenvalue weighted by Gasteiger charge is -2.25. The van der Waals surface area contributed by atoms with Crippen LogP contribution in [0.3, 0.4) is 0 Å². The van der Waals surface area contributed by atoms with Crippen LogP contribution in [0.25, 0.3) is 0 Å². The van der Waals surface area contributed by atoms with Crippen LogP contribution in [-0.2, 0) is 13.0 Å². The monoisotopic (exact) mass is 329 g/mol. The molecule has 0 bridgehead atoms. The zero-order valence-electron chi connectivity index (χ0n) is 14.9. The normalized spacial score (nSPS) is 10.6. The highest BCUT2D eigenvalue weighted by atomic mass is 15.1. The summed E-state index contributed by atoms with van der Waals surface area (Å²) in [6.45, 7) is 2.08. The van der Waals surface area contributed by atoms with Gasteiger partial charge in [0.05, 0.1) is 0 Å². The number of nitrogens with zero attached hydrogens (tertiary/aromatic N) is 1. The van der Waals surface area contributed by atoms with Gasteiger partial charge in [-0.3, -0.25) is 0 Å². The number of hydrogen-bond acceptors (Lipinski definition) is 1. The van der Waals surface area contributed by atoms with E-state index in [0.717, 1.165) is 13.1 Å². The molecule has 0 radical (unpaired) electrons. The largest absolute Gasteiger partial charge is 0.367 e. The number of benzene rings is 3. The summed E-state index contributed by atoms with van der Waals surface area (Å²) in [6, 6.07) is 32.3. The molecule has 25 heavy (non-hydrogen) atoms. The SMILES string of the molecule is c1ccc(CCCCCN(Cc2ccccc2)c2ccccc2)cc1. The molecular formula is C24H27N. The second-order valence-corrected chi connectivity index (χ2v) is 6.54. The Balaban J connectivity index is 1.51. The van der Waals surface area contributed by atoms with E-state index >= 15 is 0 Å². The van der Waals surface area contributed by atoms with Crippen molar-refractivity contribution in [3.05, 3.63) is 102 Å². The number of anilines is 1. The van der Waals surface area contributed by atoms with Gasteiger partial charge in [0.15, 0.2) is 0 Å². The maximum atomic E-state index is 2.50. The van der Waals surface area contributed by atoms with Crippen LogP contribution in [0.4, 0.5) is 5.69 Å². The van der Waals surface area contributed by atoms with Crippen molar-refractivity contribution in [3.63, 3.8) is 0 Å². The summed E-state index contributed by atoms with van der Waals surface area (Å²) in [5, 5.41) is 0. The third-order valence-corrected chi connectivity index (χ3v) is 4.57. The van der Waals surface area contributed by atoms with Crippen LogP contribution in [0, 0.1) is 0 Å². The Morgan fingerprint density at radius 3 is 1.72 bits per heavy atom. The van der Waals surface area contributed by atoms with Crippen LogP contribution in [0.5, 0.6) is 0 Å². The predicted octanol–water partition coefficient (Wildman–Crippen LogP) is 6.11. The molecule has 3 aromatic carbocycles. The molecule has 0 saturated carbocycles. The topological polar surface area (TPSA) is 3.24 Å². The van der Waals surface area contributed by atoms with E-state index < -0.39 is 0 Å². The van der Waals surface area contributed by atoms with E-state index in [4.69, 9.17) is 0 Å². The van der Waals surface area contributed by atoms with E-state index in [1.54, 1.807) is 0 Å². The van der Waals surface area contributed by atoms with Crippen molar-refractivity contribution in [2.75, 3.05) is 11.4 Å². The molecule has 1 heteroatoms. The lowest BCUT2D eigenvalue weighted by molar-refractivity contribution is 0.650. The van der Waals surface area contributed by atoms with E-state index in [9.17, 15) is 0 Å². The van der Waals surface area contributed by atoms with Gasteiger partial charge in [-0.2, -0.15) is 0 Å². The number of para-hydroxylation sites is 1. The second-order valence-electron chi connectivity index (χ2n) is 6.54. The lowest BCUT2D eigenvalue weighted by Crippen LogP contribution is -2.23. The Bertz CT molecular complexity index is 707. The van der Waals surface area contributed by atoms with Crippen molar-refractivity contribution in [3.8, 4) is 0 Å². The first-order valence-electron chi connectivity index (χ1n) is 9.30. The van der Waals surface area contributed by atoms with Gasteiger partial charge in [-0.05, 0) is 42.5 Å². The minimum absolute atomic E-state index is 0.976. The molecule has 1 nitrogen and oxygen atoms in total. The first-order chi connectivity index (χ1) is 12.4. The Labute approximate surface area is 151 Å². The first-order valence-corrected chi connectivity index (χ1v) is 9.30. The third-order valence-electron chi connectivity index (χ3n) is 4.57. The van der Waals surface area contributed by atoms with E-state index in [1.165, 1.54) is 42.5 Å². The Morgan fingerprint density at radius 1 is 0.520 bits per heavy atom. The van der Waals surface area contributed by atoms with Crippen molar-refractivity contribution < 1.29 is 0 Å². The molecule has 0 spiro atoms. The summed E-state index contributed by atoms with van der Waals surface area (Å²) < 4.78 is 0. The van der Waals surface area contributed by atoms with Gasteiger partial charge in [-0.15, -0.1) is 0 Å². The molecule has 0 fully saturated rings. The number of aryl methyl sites for hydroxylation is 1. The Kier molecular flexibility index (Phi) is 6.70. The fraction of sp³-hybridized carbons (Fsp3) is 0.250. The van der Waals surface area contributed by atoms with Gasteiger partial charge < -0.3 is 4.90 Å². The minimum atomic E-state index is 0.976. The zero-order chi connectivity index (χ0) is 17.2. The van der Waals surface area contributed by atoms with Gasteiger partial charge in [-0.25, -0.2) is 0 Å². The minimum Gasteiger partial charge on any atom is -0.367 e. The average Bonchev–Trinajstić information content (AvgIpc) is 2.69. The maximum Gasteiger partial charge on any atom is 0.0429 e. The molecule has 0 atom stereocenters. The highest BCUT2D eigenvalue weighted by Crippen LogP contribution is 2.18. The van der Waals surface area contributed by atoms with Crippen molar-refractivity contribution in [2.24, 2.45) is 0 Å². The van der Waals surface area contributed by atoms with Gasteiger partial charge in [0, 0.05) is 18.8 Å². The van der Waals surface area contributed by atoms with Crippen LogP contribution in [0.15, 0.2) is 91.0 Å². The summed E-state index contributed by atoms with van der Waals surface area (Å²) in [5.41, 5.74) is 4.14. The molecule has 0 N–H and O–H groups in total. The smallest absolute Gasteiger partial charge is 0.0429 e. The molecule has 3 rings (SSSR count). The van der Waals surface area contributed by atoms with Crippen molar-refractivity contribution in [2.45, 2.75) is 32.2 Å². The molecule has 0 heterocycles. The van der Waals surface area contributed by atoms with E-state index in [2.05, 4.69) is 95.9 Å².